The lowest BCUT2D eigenvalue weighted by Gasteiger charge is -2.10. The largest absolute Gasteiger partial charge is 0.492 e. The third-order valence-corrected chi connectivity index (χ3v) is 3.02. The Morgan fingerprint density at radius 3 is 2.74 bits per heavy atom. The average molecular weight is 280 g/mol. The van der Waals surface area contributed by atoms with Gasteiger partial charge in [0.15, 0.2) is 0 Å². The first-order chi connectivity index (χ1) is 9.16. The van der Waals surface area contributed by atoms with Crippen molar-refractivity contribution in [3.05, 3.63) is 58.9 Å². The summed E-state index contributed by atoms with van der Waals surface area (Å²) in [6, 6.07) is 12.2. The molecule has 4 heteroatoms. The van der Waals surface area contributed by atoms with E-state index in [0.717, 1.165) is 5.69 Å². The number of rotatable bonds is 5. The normalized spacial score (nSPS) is 10.3. The van der Waals surface area contributed by atoms with Crippen LogP contribution in [-0.2, 0) is 0 Å². The second-order valence-corrected chi connectivity index (χ2v) is 4.57. The molecular weight excluding hydrogens is 265 g/mol. The van der Waals surface area contributed by atoms with Crippen LogP contribution >= 0.6 is 11.6 Å². The maximum atomic E-state index is 13.1. The van der Waals surface area contributed by atoms with Crippen molar-refractivity contribution in [2.45, 2.75) is 6.92 Å². The molecule has 0 aliphatic heterocycles. The standard InChI is InChI=1S/C15H15ClFNO/c1-11-10-12(6-7-14(11)17)19-9-8-18-15-5-3-2-4-13(15)16/h2-7,10,18H,8-9H2,1H3. The smallest absolute Gasteiger partial charge is 0.126 e. The molecule has 0 radical (unpaired) electrons. The first kappa shape index (κ1) is 13.7. The number of anilines is 1. The molecule has 2 aromatic rings. The highest BCUT2D eigenvalue weighted by Crippen LogP contribution is 2.20. The van der Waals surface area contributed by atoms with Crippen LogP contribution in [0, 0.1) is 12.7 Å². The molecular formula is C15H15ClFNO. The zero-order valence-electron chi connectivity index (χ0n) is 10.6. The minimum Gasteiger partial charge on any atom is -0.492 e. The van der Waals surface area contributed by atoms with Crippen molar-refractivity contribution in [1.29, 1.82) is 0 Å². The van der Waals surface area contributed by atoms with Crippen molar-refractivity contribution in [2.24, 2.45) is 0 Å². The van der Waals surface area contributed by atoms with Gasteiger partial charge in [0.2, 0.25) is 0 Å². The maximum Gasteiger partial charge on any atom is 0.126 e. The Hall–Kier alpha value is -1.74. The molecule has 0 heterocycles. The van der Waals surface area contributed by atoms with Gasteiger partial charge in [-0.05, 0) is 42.8 Å². The summed E-state index contributed by atoms with van der Waals surface area (Å²) in [6.07, 6.45) is 0. The van der Waals surface area contributed by atoms with Gasteiger partial charge in [-0.25, -0.2) is 4.39 Å². The number of para-hydroxylation sites is 1. The number of hydrogen-bond acceptors (Lipinski definition) is 2. The zero-order valence-corrected chi connectivity index (χ0v) is 11.4. The van der Waals surface area contributed by atoms with Crippen molar-refractivity contribution in [2.75, 3.05) is 18.5 Å². The van der Waals surface area contributed by atoms with Gasteiger partial charge in [0.25, 0.3) is 0 Å². The van der Waals surface area contributed by atoms with E-state index in [4.69, 9.17) is 16.3 Å². The number of benzene rings is 2. The minimum absolute atomic E-state index is 0.221. The topological polar surface area (TPSA) is 21.3 Å². The molecule has 2 rings (SSSR count). The van der Waals surface area contributed by atoms with E-state index in [9.17, 15) is 4.39 Å². The highest BCUT2D eigenvalue weighted by molar-refractivity contribution is 6.33. The summed E-state index contributed by atoms with van der Waals surface area (Å²) in [5, 5.41) is 3.86. The molecule has 0 aliphatic rings. The van der Waals surface area contributed by atoms with Crippen molar-refractivity contribution in [3.63, 3.8) is 0 Å². The van der Waals surface area contributed by atoms with Crippen molar-refractivity contribution < 1.29 is 9.13 Å². The fourth-order valence-corrected chi connectivity index (χ4v) is 1.87. The predicted molar refractivity (Wildman–Crippen MR) is 76.6 cm³/mol. The van der Waals surface area contributed by atoms with Gasteiger partial charge in [-0.1, -0.05) is 23.7 Å². The second-order valence-electron chi connectivity index (χ2n) is 4.17. The molecule has 0 bridgehead atoms. The Morgan fingerprint density at radius 1 is 1.21 bits per heavy atom. The van der Waals surface area contributed by atoms with Crippen LogP contribution in [0.2, 0.25) is 5.02 Å². The van der Waals surface area contributed by atoms with Crippen LogP contribution in [0.25, 0.3) is 0 Å². The Balaban J connectivity index is 1.81. The Kier molecular flexibility index (Phi) is 4.63. The van der Waals surface area contributed by atoms with E-state index in [1.807, 2.05) is 24.3 Å². The second kappa shape index (κ2) is 6.43. The average Bonchev–Trinajstić information content (AvgIpc) is 2.40. The summed E-state index contributed by atoms with van der Waals surface area (Å²) < 4.78 is 18.6. The minimum atomic E-state index is -0.221. The molecule has 0 amide bonds. The molecule has 100 valence electrons. The highest BCUT2D eigenvalue weighted by Gasteiger charge is 2.00. The Morgan fingerprint density at radius 2 is 2.00 bits per heavy atom. The lowest BCUT2D eigenvalue weighted by atomic mass is 10.2. The summed E-state index contributed by atoms with van der Waals surface area (Å²) in [4.78, 5) is 0. The lowest BCUT2D eigenvalue weighted by molar-refractivity contribution is 0.332. The van der Waals surface area contributed by atoms with E-state index in [2.05, 4.69) is 5.32 Å². The van der Waals surface area contributed by atoms with Gasteiger partial charge >= 0.3 is 0 Å². The SMILES string of the molecule is Cc1cc(OCCNc2ccccc2Cl)ccc1F. The third-order valence-electron chi connectivity index (χ3n) is 2.69. The molecule has 0 saturated heterocycles. The zero-order chi connectivity index (χ0) is 13.7. The van der Waals surface area contributed by atoms with Crippen LogP contribution in [0.1, 0.15) is 5.56 Å². The monoisotopic (exact) mass is 279 g/mol. The van der Waals surface area contributed by atoms with Gasteiger partial charge < -0.3 is 10.1 Å². The van der Waals surface area contributed by atoms with Crippen LogP contribution in [0.15, 0.2) is 42.5 Å². The molecule has 2 nitrogen and oxygen atoms in total. The van der Waals surface area contributed by atoms with Gasteiger partial charge in [0.1, 0.15) is 18.2 Å². The molecule has 0 aliphatic carbocycles. The predicted octanol–water partition coefficient (Wildman–Crippen LogP) is 4.28. The van der Waals surface area contributed by atoms with Crippen LogP contribution in [-0.4, -0.2) is 13.2 Å². The van der Waals surface area contributed by atoms with E-state index in [1.54, 1.807) is 19.1 Å². The number of hydrogen-bond donors (Lipinski definition) is 1. The quantitative estimate of drug-likeness (QED) is 0.825. The van der Waals surface area contributed by atoms with Crippen LogP contribution in [0.4, 0.5) is 10.1 Å². The maximum absolute atomic E-state index is 13.1. The van der Waals surface area contributed by atoms with E-state index >= 15 is 0 Å². The lowest BCUT2D eigenvalue weighted by Crippen LogP contribution is -2.11. The van der Waals surface area contributed by atoms with Crippen LogP contribution in [0.5, 0.6) is 5.75 Å². The van der Waals surface area contributed by atoms with Crippen molar-refractivity contribution in [3.8, 4) is 5.75 Å². The van der Waals surface area contributed by atoms with Crippen LogP contribution in [0.3, 0.4) is 0 Å². The number of halogens is 2. The van der Waals surface area contributed by atoms with E-state index < -0.39 is 0 Å². The molecule has 0 unspecified atom stereocenters. The van der Waals surface area contributed by atoms with Crippen molar-refractivity contribution in [1.82, 2.24) is 0 Å². The highest BCUT2D eigenvalue weighted by atomic mass is 35.5. The number of nitrogens with one attached hydrogen (secondary N) is 1. The number of ether oxygens (including phenoxy) is 1. The van der Waals surface area contributed by atoms with Gasteiger partial charge in [-0.15, -0.1) is 0 Å². The molecule has 2 aromatic carbocycles. The Bertz CT molecular complexity index is 560. The van der Waals surface area contributed by atoms with Crippen LogP contribution < -0.4 is 10.1 Å². The van der Waals surface area contributed by atoms with E-state index in [-0.39, 0.29) is 5.82 Å². The molecule has 1 N–H and O–H groups in total. The summed E-state index contributed by atoms with van der Waals surface area (Å²) in [5.41, 5.74) is 1.46. The first-order valence-corrected chi connectivity index (χ1v) is 6.42. The number of aryl methyl sites for hydroxylation is 1. The van der Waals surface area contributed by atoms with E-state index in [1.165, 1.54) is 6.07 Å². The fraction of sp³-hybridized carbons (Fsp3) is 0.200. The molecule has 0 saturated carbocycles. The summed E-state index contributed by atoms with van der Waals surface area (Å²) in [6.45, 7) is 2.82. The van der Waals surface area contributed by atoms with Gasteiger partial charge in [0.05, 0.1) is 10.7 Å². The molecule has 19 heavy (non-hydrogen) atoms. The molecule has 0 aromatic heterocycles. The first-order valence-electron chi connectivity index (χ1n) is 6.04. The van der Waals surface area contributed by atoms with Gasteiger partial charge in [-0.3, -0.25) is 0 Å². The molecule has 0 spiro atoms. The summed E-state index contributed by atoms with van der Waals surface area (Å²) in [5.74, 6) is 0.446. The Labute approximate surface area is 117 Å². The molecule has 0 fully saturated rings. The van der Waals surface area contributed by atoms with Crippen molar-refractivity contribution >= 4 is 17.3 Å². The van der Waals surface area contributed by atoms with Gasteiger partial charge in [0, 0.05) is 6.54 Å². The van der Waals surface area contributed by atoms with Gasteiger partial charge in [-0.2, -0.15) is 0 Å². The molecule has 0 atom stereocenters. The van der Waals surface area contributed by atoms with E-state index in [0.29, 0.717) is 29.5 Å². The summed E-state index contributed by atoms with van der Waals surface area (Å²) >= 11 is 6.01. The fourth-order valence-electron chi connectivity index (χ4n) is 1.67. The summed E-state index contributed by atoms with van der Waals surface area (Å²) in [7, 11) is 0. The third kappa shape index (κ3) is 3.86.